The van der Waals surface area contributed by atoms with Crippen LogP contribution in [0.15, 0.2) is 0 Å². The summed E-state index contributed by atoms with van der Waals surface area (Å²) in [6, 6.07) is -0.598. The average Bonchev–Trinajstić information content (AvgIpc) is 2.50. The number of carboxylic acids is 1. The molecule has 1 aromatic heterocycles. The average molecular weight is 286 g/mol. The molecule has 19 heavy (non-hydrogen) atoms. The molecule has 0 atom stereocenters. The first-order valence-corrected chi connectivity index (χ1v) is 6.51. The highest BCUT2D eigenvalue weighted by Gasteiger charge is 2.21. The van der Waals surface area contributed by atoms with Crippen LogP contribution < -0.4 is 10.8 Å². The molecule has 7 heteroatoms. The molecule has 0 aliphatic rings. The van der Waals surface area contributed by atoms with E-state index in [1.54, 1.807) is 34.6 Å². The van der Waals surface area contributed by atoms with E-state index < -0.39 is 17.6 Å². The lowest BCUT2D eigenvalue weighted by molar-refractivity contribution is -0.0505. The fourth-order valence-corrected chi connectivity index (χ4v) is 2.35. The summed E-state index contributed by atoms with van der Waals surface area (Å²) in [7, 11) is 0. The summed E-state index contributed by atoms with van der Waals surface area (Å²) in [5.41, 5.74) is 2.49. The van der Waals surface area contributed by atoms with Crippen molar-refractivity contribution < 1.29 is 19.5 Å². The number of thiophene rings is 1. The summed E-state index contributed by atoms with van der Waals surface area (Å²) < 4.78 is 0. The van der Waals surface area contributed by atoms with Crippen LogP contribution in [0.25, 0.3) is 0 Å². The molecule has 3 N–H and O–H groups in total. The topological polar surface area (TPSA) is 87.7 Å². The standard InChI is InChI=1S/C12H18N2O4S/c1-6-7(2)19-9(8(6)10(15)16)13-11(17)14-18-12(3,4)5/h1-5H3,(H,15,16)(H2,13,14,17). The molecule has 0 aliphatic carbocycles. The Bertz CT molecular complexity index is 503. The van der Waals surface area contributed by atoms with Crippen LogP contribution in [0.2, 0.25) is 0 Å². The van der Waals surface area contributed by atoms with Crippen LogP contribution >= 0.6 is 11.3 Å². The highest BCUT2D eigenvalue weighted by molar-refractivity contribution is 7.16. The normalized spacial score (nSPS) is 11.2. The van der Waals surface area contributed by atoms with Crippen LogP contribution in [0, 0.1) is 13.8 Å². The van der Waals surface area contributed by atoms with Gasteiger partial charge in [-0.25, -0.2) is 15.1 Å². The fraction of sp³-hybridized carbons (Fsp3) is 0.500. The molecule has 0 saturated heterocycles. The number of anilines is 1. The van der Waals surface area contributed by atoms with E-state index in [9.17, 15) is 9.59 Å². The van der Waals surface area contributed by atoms with Crippen molar-refractivity contribution in [2.45, 2.75) is 40.2 Å². The van der Waals surface area contributed by atoms with Gasteiger partial charge < -0.3 is 5.11 Å². The quantitative estimate of drug-likeness (QED) is 0.745. The second-order valence-electron chi connectivity index (χ2n) is 5.06. The van der Waals surface area contributed by atoms with Crippen LogP contribution in [0.3, 0.4) is 0 Å². The third-order valence-corrected chi connectivity index (χ3v) is 3.40. The van der Waals surface area contributed by atoms with Gasteiger partial charge in [0.2, 0.25) is 0 Å². The maximum Gasteiger partial charge on any atom is 0.343 e. The van der Waals surface area contributed by atoms with Crippen LogP contribution in [0.1, 0.15) is 41.6 Å². The van der Waals surface area contributed by atoms with Crippen molar-refractivity contribution in [2.24, 2.45) is 0 Å². The Kier molecular flexibility index (Phi) is 4.54. The SMILES string of the molecule is Cc1sc(NC(=O)NOC(C)(C)C)c(C(=O)O)c1C. The molecule has 0 bridgehead atoms. The number of rotatable bonds is 3. The zero-order valence-corrected chi connectivity index (χ0v) is 12.4. The maximum atomic E-state index is 11.6. The van der Waals surface area contributed by atoms with Gasteiger partial charge in [-0.15, -0.1) is 11.3 Å². The third-order valence-electron chi connectivity index (χ3n) is 2.28. The van der Waals surface area contributed by atoms with Crippen LogP contribution in [-0.4, -0.2) is 22.7 Å². The molecule has 6 nitrogen and oxygen atoms in total. The van der Waals surface area contributed by atoms with E-state index in [1.165, 1.54) is 11.3 Å². The lowest BCUT2D eigenvalue weighted by atomic mass is 10.1. The third kappa shape index (κ3) is 4.22. The predicted octanol–water partition coefficient (Wildman–Crippen LogP) is 2.91. The van der Waals surface area contributed by atoms with Crippen molar-refractivity contribution in [1.29, 1.82) is 0 Å². The minimum atomic E-state index is -1.06. The summed E-state index contributed by atoms with van der Waals surface area (Å²) >= 11 is 1.22. The minimum absolute atomic E-state index is 0.119. The molecule has 1 aromatic rings. The number of urea groups is 1. The molecule has 0 aromatic carbocycles. The highest BCUT2D eigenvalue weighted by atomic mass is 32.1. The van der Waals surface area contributed by atoms with Crippen LogP contribution in [0.5, 0.6) is 0 Å². The Morgan fingerprint density at radius 3 is 2.32 bits per heavy atom. The van der Waals surface area contributed by atoms with E-state index >= 15 is 0 Å². The van der Waals surface area contributed by atoms with E-state index in [4.69, 9.17) is 9.94 Å². The Morgan fingerprint density at radius 2 is 1.84 bits per heavy atom. The van der Waals surface area contributed by atoms with E-state index in [0.29, 0.717) is 10.6 Å². The zero-order chi connectivity index (χ0) is 14.8. The van der Waals surface area contributed by atoms with E-state index in [-0.39, 0.29) is 5.56 Å². The second-order valence-corrected chi connectivity index (χ2v) is 6.29. The number of hydrogen-bond donors (Lipinski definition) is 3. The predicted molar refractivity (Wildman–Crippen MR) is 73.7 cm³/mol. The first-order chi connectivity index (χ1) is 8.61. The number of amides is 2. The molecule has 0 aliphatic heterocycles. The summed E-state index contributed by atoms with van der Waals surface area (Å²) in [5.74, 6) is -1.06. The molecule has 0 spiro atoms. The summed E-state index contributed by atoms with van der Waals surface area (Å²) in [6.45, 7) is 8.88. The van der Waals surface area contributed by atoms with Crippen LogP contribution in [-0.2, 0) is 4.84 Å². The Hall–Kier alpha value is -1.60. The van der Waals surface area contributed by atoms with Crippen LogP contribution in [0.4, 0.5) is 9.80 Å². The summed E-state index contributed by atoms with van der Waals surface area (Å²) in [4.78, 5) is 28.7. The molecule has 2 amide bonds. The molecule has 0 fully saturated rings. The van der Waals surface area contributed by atoms with Gasteiger partial charge in [0.25, 0.3) is 0 Å². The molecule has 0 radical (unpaired) electrons. The second kappa shape index (κ2) is 5.58. The van der Waals surface area contributed by atoms with Gasteiger partial charge in [-0.1, -0.05) is 0 Å². The number of hydroxylamine groups is 1. The zero-order valence-electron chi connectivity index (χ0n) is 11.6. The van der Waals surface area contributed by atoms with E-state index in [2.05, 4.69) is 10.8 Å². The molecule has 106 valence electrons. The van der Waals surface area contributed by atoms with Gasteiger partial charge >= 0.3 is 12.0 Å². The highest BCUT2D eigenvalue weighted by Crippen LogP contribution is 2.32. The van der Waals surface area contributed by atoms with Crippen molar-refractivity contribution in [2.75, 3.05) is 5.32 Å². The van der Waals surface area contributed by atoms with Gasteiger partial charge in [-0.05, 0) is 40.2 Å². The lowest BCUT2D eigenvalue weighted by Gasteiger charge is -2.18. The Balaban J connectivity index is 2.80. The molecular weight excluding hydrogens is 268 g/mol. The molecule has 0 unspecified atom stereocenters. The number of hydrogen-bond acceptors (Lipinski definition) is 4. The largest absolute Gasteiger partial charge is 0.478 e. The fourth-order valence-electron chi connectivity index (χ4n) is 1.30. The first kappa shape index (κ1) is 15.5. The number of carboxylic acid groups (broad SMARTS) is 1. The van der Waals surface area contributed by atoms with E-state index in [1.807, 2.05) is 0 Å². The molecule has 1 rings (SSSR count). The van der Waals surface area contributed by atoms with E-state index in [0.717, 1.165) is 4.88 Å². The molecule has 1 heterocycles. The van der Waals surface area contributed by atoms with Gasteiger partial charge in [0.05, 0.1) is 11.2 Å². The Labute approximate surface area is 115 Å². The number of nitrogens with one attached hydrogen (secondary N) is 2. The van der Waals surface area contributed by atoms with Crippen molar-refractivity contribution in [3.05, 3.63) is 16.0 Å². The monoisotopic (exact) mass is 286 g/mol. The van der Waals surface area contributed by atoms with Gasteiger partial charge in [0.15, 0.2) is 0 Å². The lowest BCUT2D eigenvalue weighted by Crippen LogP contribution is -2.36. The number of carbonyl (C=O) groups excluding carboxylic acids is 1. The van der Waals surface area contributed by atoms with Gasteiger partial charge in [-0.2, -0.15) is 0 Å². The Morgan fingerprint density at radius 1 is 1.26 bits per heavy atom. The van der Waals surface area contributed by atoms with Crippen molar-refractivity contribution in [3.63, 3.8) is 0 Å². The summed E-state index contributed by atoms with van der Waals surface area (Å²) in [6.07, 6.45) is 0. The maximum absolute atomic E-state index is 11.6. The minimum Gasteiger partial charge on any atom is -0.478 e. The molecular formula is C12H18N2O4S. The van der Waals surface area contributed by atoms with Gasteiger partial charge in [0, 0.05) is 4.88 Å². The summed E-state index contributed by atoms with van der Waals surface area (Å²) in [5, 5.41) is 11.9. The number of aromatic carboxylic acids is 1. The molecule has 0 saturated carbocycles. The first-order valence-electron chi connectivity index (χ1n) is 5.70. The van der Waals surface area contributed by atoms with Crippen molar-refractivity contribution in [3.8, 4) is 0 Å². The number of carbonyl (C=O) groups is 2. The smallest absolute Gasteiger partial charge is 0.343 e. The van der Waals surface area contributed by atoms with Crippen molar-refractivity contribution in [1.82, 2.24) is 5.48 Å². The van der Waals surface area contributed by atoms with Gasteiger partial charge in [-0.3, -0.25) is 10.2 Å². The van der Waals surface area contributed by atoms with Crippen molar-refractivity contribution >= 4 is 28.3 Å². The number of aryl methyl sites for hydroxylation is 1. The van der Waals surface area contributed by atoms with Gasteiger partial charge in [0.1, 0.15) is 5.00 Å².